The molecule has 0 radical (unpaired) electrons. The van der Waals surface area contributed by atoms with Gasteiger partial charge in [0.1, 0.15) is 6.61 Å². The lowest BCUT2D eigenvalue weighted by atomic mass is 10.0. The molecule has 23 heavy (non-hydrogen) atoms. The number of ether oxygens (including phenoxy) is 1. The molecule has 0 spiro atoms. The molecular formula is C13H13Cl3FNO4S. The van der Waals surface area contributed by atoms with Crippen LogP contribution in [0.1, 0.15) is 19.4 Å². The fraction of sp³-hybridized carbons (Fsp3) is 0.462. The number of carbonyl (C=O) groups is 1. The molecule has 0 aromatic heterocycles. The topological polar surface area (TPSA) is 63.7 Å². The second-order valence-corrected chi connectivity index (χ2v) is 8.06. The predicted molar refractivity (Wildman–Crippen MR) is 85.4 cm³/mol. The Bertz CT molecular complexity index is 934. The van der Waals surface area contributed by atoms with Gasteiger partial charge in [0.15, 0.2) is 0 Å². The van der Waals surface area contributed by atoms with Crippen molar-refractivity contribution in [3.8, 4) is 0 Å². The monoisotopic (exact) mass is 409 g/mol. The highest BCUT2D eigenvalue weighted by Crippen LogP contribution is 2.26. The first-order valence-corrected chi connectivity index (χ1v) is 8.39. The summed E-state index contributed by atoms with van der Waals surface area (Å²) in [6.07, 6.45) is -4.95. The number of benzene rings is 1. The maximum absolute atomic E-state index is 13.5. The van der Waals surface area contributed by atoms with Crippen LogP contribution in [0.2, 0.25) is 0 Å². The average molecular weight is 411 g/mol. The van der Waals surface area contributed by atoms with Crippen molar-refractivity contribution < 1.29 is 30.1 Å². The summed E-state index contributed by atoms with van der Waals surface area (Å²) in [7, 11) is -5.51. The first-order valence-electron chi connectivity index (χ1n) is 9.18. The summed E-state index contributed by atoms with van der Waals surface area (Å²) >= 11 is 16.4. The van der Waals surface area contributed by atoms with E-state index in [1.165, 1.54) is 0 Å². The molecule has 4 unspecified atom stereocenters. The van der Waals surface area contributed by atoms with Crippen LogP contribution in [-0.2, 0) is 27.8 Å². The number of nitrogens with zero attached hydrogens (tertiary/aromatic N) is 1. The minimum atomic E-state index is -5.51. The highest BCUT2D eigenvalue weighted by atomic mass is 35.6. The first-order chi connectivity index (χ1) is 13.1. The number of carbonyl (C=O) groups excluding carboxylic acids is 1. The molecule has 0 N–H and O–H groups in total. The van der Waals surface area contributed by atoms with E-state index in [9.17, 15) is 17.1 Å². The lowest BCUT2D eigenvalue weighted by molar-refractivity contribution is 0.106. The zero-order valence-electron chi connectivity index (χ0n) is 17.1. The van der Waals surface area contributed by atoms with Crippen LogP contribution in [0.3, 0.4) is 0 Å². The Kier molecular flexibility index (Phi) is 3.57. The third kappa shape index (κ3) is 5.38. The smallest absolute Gasteiger partial charge is 0.409 e. The van der Waals surface area contributed by atoms with Crippen LogP contribution in [0.4, 0.5) is 8.68 Å². The van der Waals surface area contributed by atoms with E-state index in [0.29, 0.717) is 4.90 Å². The molecular weight excluding hydrogens is 392 g/mol. The number of aryl methyl sites for hydroxylation is 1. The fourth-order valence-electron chi connectivity index (χ4n) is 1.56. The second kappa shape index (κ2) is 7.01. The SMILES string of the molecule is [2H]c1cc2c(c([2H])c1S(=O)(=O)F)C([2H])C([2H])N(C(=O)OCC(Cl)(Cl)Cl)C([2H])C2[2H]. The molecule has 1 aromatic carbocycles. The number of hydrogen-bond acceptors (Lipinski definition) is 4. The molecule has 4 atom stereocenters. The molecule has 1 aliphatic heterocycles. The van der Waals surface area contributed by atoms with Gasteiger partial charge in [-0.15, -0.1) is 3.89 Å². The molecule has 0 bridgehead atoms. The van der Waals surface area contributed by atoms with Crippen molar-refractivity contribution in [1.82, 2.24) is 4.90 Å². The lowest BCUT2D eigenvalue weighted by Crippen LogP contribution is -2.35. The molecule has 1 aromatic rings. The number of amides is 1. The number of rotatable bonds is 2. The molecule has 1 heterocycles. The number of hydrogen-bond donors (Lipinski definition) is 0. The van der Waals surface area contributed by atoms with Crippen LogP contribution in [0.15, 0.2) is 23.0 Å². The Balaban J connectivity index is 2.59. The molecule has 0 aliphatic carbocycles. The number of alkyl halides is 3. The molecule has 1 aliphatic rings. The maximum atomic E-state index is 13.5. The van der Waals surface area contributed by atoms with Crippen LogP contribution in [0.5, 0.6) is 0 Å². The van der Waals surface area contributed by atoms with Crippen molar-refractivity contribution in [3.05, 3.63) is 29.3 Å². The normalized spacial score (nSPS) is 32.3. The quantitative estimate of drug-likeness (QED) is 0.554. The summed E-state index contributed by atoms with van der Waals surface area (Å²) in [5, 5.41) is 0. The van der Waals surface area contributed by atoms with Gasteiger partial charge in [-0.3, -0.25) is 0 Å². The van der Waals surface area contributed by atoms with Crippen molar-refractivity contribution in [3.63, 3.8) is 0 Å². The van der Waals surface area contributed by atoms with E-state index in [0.717, 1.165) is 6.07 Å². The summed E-state index contributed by atoms with van der Waals surface area (Å²) in [6.45, 7) is -4.54. The van der Waals surface area contributed by atoms with Crippen molar-refractivity contribution in [2.75, 3.05) is 19.6 Å². The second-order valence-electron chi connectivity index (χ2n) is 4.26. The summed E-state index contributed by atoms with van der Waals surface area (Å²) in [4.78, 5) is 11.4. The van der Waals surface area contributed by atoms with E-state index in [-0.39, 0.29) is 5.56 Å². The van der Waals surface area contributed by atoms with Crippen molar-refractivity contribution in [2.45, 2.75) is 21.5 Å². The first kappa shape index (κ1) is 11.7. The minimum absolute atomic E-state index is 0.318. The summed E-state index contributed by atoms with van der Waals surface area (Å²) in [5.74, 6) is 0. The summed E-state index contributed by atoms with van der Waals surface area (Å²) in [5.41, 5.74) is -0.868. The zero-order chi connectivity index (χ0) is 22.5. The van der Waals surface area contributed by atoms with Crippen molar-refractivity contribution >= 4 is 51.1 Å². The van der Waals surface area contributed by atoms with Gasteiger partial charge in [-0.2, -0.15) is 8.42 Å². The van der Waals surface area contributed by atoms with E-state index >= 15 is 0 Å². The van der Waals surface area contributed by atoms with Crippen LogP contribution < -0.4 is 0 Å². The average Bonchev–Trinajstić information content (AvgIpc) is 2.61. The molecule has 5 nitrogen and oxygen atoms in total. The van der Waals surface area contributed by atoms with E-state index in [1.807, 2.05) is 0 Å². The molecule has 0 fully saturated rings. The molecule has 0 saturated heterocycles. The Morgan fingerprint density at radius 1 is 1.39 bits per heavy atom. The molecule has 1 amide bonds. The number of halogens is 4. The number of fused-ring (bicyclic) bond motifs is 1. The minimum Gasteiger partial charge on any atom is -0.445 e. The van der Waals surface area contributed by atoms with E-state index in [2.05, 4.69) is 0 Å². The van der Waals surface area contributed by atoms with E-state index in [1.54, 1.807) is 0 Å². The fourth-order valence-corrected chi connectivity index (χ4v) is 2.16. The summed E-state index contributed by atoms with van der Waals surface area (Å²) < 4.78 is 87.2. The predicted octanol–water partition coefficient (Wildman–Crippen LogP) is 3.25. The zero-order valence-corrected chi connectivity index (χ0v) is 14.2. The van der Waals surface area contributed by atoms with Crippen molar-refractivity contribution in [1.29, 1.82) is 0 Å². The summed E-state index contributed by atoms with van der Waals surface area (Å²) in [6, 6.07) is -1.28. The Hall–Kier alpha value is -0.760. The lowest BCUT2D eigenvalue weighted by Gasteiger charge is -2.21. The van der Waals surface area contributed by atoms with Crippen molar-refractivity contribution in [2.24, 2.45) is 0 Å². The van der Waals surface area contributed by atoms with Crippen LogP contribution >= 0.6 is 34.8 Å². The third-order valence-corrected chi connectivity index (χ3v) is 3.58. The largest absolute Gasteiger partial charge is 0.445 e. The molecule has 2 rings (SSSR count). The van der Waals surface area contributed by atoms with Gasteiger partial charge in [-0.05, 0) is 36.0 Å². The molecule has 0 saturated carbocycles. The molecule has 128 valence electrons. The van der Waals surface area contributed by atoms with Gasteiger partial charge in [0, 0.05) is 18.5 Å². The highest BCUT2D eigenvalue weighted by molar-refractivity contribution is 7.86. The van der Waals surface area contributed by atoms with Gasteiger partial charge >= 0.3 is 16.3 Å². The van der Waals surface area contributed by atoms with Gasteiger partial charge in [-0.1, -0.05) is 40.9 Å². The van der Waals surface area contributed by atoms with E-state index in [4.69, 9.17) is 47.8 Å². The molecule has 10 heteroatoms. The standard InChI is InChI=1S/C13H13Cl3FNO4S/c14-13(15,16)8-22-12(19)18-5-3-9-1-2-11(23(17,20)21)7-10(9)4-6-18/h1-2,7H,3-6,8H2/i2D,3D,4D,5D,6D,7D. The van der Waals surface area contributed by atoms with E-state index < -0.39 is 75.1 Å². The highest BCUT2D eigenvalue weighted by Gasteiger charge is 2.26. The Morgan fingerprint density at radius 2 is 2.00 bits per heavy atom. The van der Waals surface area contributed by atoms with Crippen LogP contribution in [-0.4, -0.2) is 42.9 Å². The van der Waals surface area contributed by atoms with Crippen LogP contribution in [0, 0.1) is 0 Å². The third-order valence-electron chi connectivity index (χ3n) is 2.55. The van der Waals surface area contributed by atoms with Gasteiger partial charge in [0.05, 0.1) is 7.64 Å². The van der Waals surface area contributed by atoms with Gasteiger partial charge in [0.2, 0.25) is 3.79 Å². The Labute approximate surface area is 156 Å². The van der Waals surface area contributed by atoms with Gasteiger partial charge in [0.25, 0.3) is 0 Å². The van der Waals surface area contributed by atoms with Gasteiger partial charge in [-0.25, -0.2) is 4.79 Å². The van der Waals surface area contributed by atoms with Crippen LogP contribution in [0.25, 0.3) is 0 Å². The van der Waals surface area contributed by atoms with Gasteiger partial charge < -0.3 is 9.64 Å². The Morgan fingerprint density at radius 3 is 2.57 bits per heavy atom. The maximum Gasteiger partial charge on any atom is 0.409 e.